The number of hydrogen-bond acceptors (Lipinski definition) is 11. The Labute approximate surface area is 297 Å². The number of urea groups is 1. The molecule has 0 radical (unpaired) electrons. The number of benzene rings is 2. The Bertz CT molecular complexity index is 2000. The highest BCUT2D eigenvalue weighted by molar-refractivity contribution is 5.90. The number of primary amides is 1. The highest BCUT2D eigenvalue weighted by Crippen LogP contribution is 2.46. The highest BCUT2D eigenvalue weighted by Gasteiger charge is 2.56. The van der Waals surface area contributed by atoms with Gasteiger partial charge in [-0.2, -0.15) is 5.10 Å². The summed E-state index contributed by atoms with van der Waals surface area (Å²) < 4.78 is 2.70. The van der Waals surface area contributed by atoms with Gasteiger partial charge < -0.3 is 42.1 Å². The van der Waals surface area contributed by atoms with Gasteiger partial charge >= 0.3 is 12.0 Å². The van der Waals surface area contributed by atoms with Crippen LogP contribution in [0.5, 0.6) is 0 Å². The van der Waals surface area contributed by atoms with Crippen molar-refractivity contribution in [3.63, 3.8) is 0 Å². The summed E-state index contributed by atoms with van der Waals surface area (Å²) in [5, 5.41) is 55.6. The van der Waals surface area contributed by atoms with Gasteiger partial charge in [0.05, 0.1) is 37.7 Å². The van der Waals surface area contributed by atoms with Gasteiger partial charge in [0.2, 0.25) is 11.7 Å². The topological polar surface area (TPSA) is 256 Å². The van der Waals surface area contributed by atoms with E-state index in [1.807, 2.05) is 60.7 Å². The van der Waals surface area contributed by atoms with E-state index in [2.05, 4.69) is 36.0 Å². The Morgan fingerprint density at radius 2 is 1.69 bits per heavy atom. The number of carboxylic acid groups (broad SMARTS) is 1. The smallest absolute Gasteiger partial charge is 0.374 e. The summed E-state index contributed by atoms with van der Waals surface area (Å²) in [5.41, 5.74) is 6.35. The maximum atomic E-state index is 13.4. The number of aliphatic hydroxyl groups excluding tert-OH is 3. The molecule has 1 fully saturated rings. The lowest BCUT2D eigenvalue weighted by Crippen LogP contribution is -2.61. The zero-order valence-corrected chi connectivity index (χ0v) is 28.2. The lowest BCUT2D eigenvalue weighted by molar-refractivity contribution is -0.122. The number of aromatic carboxylic acids is 1. The van der Waals surface area contributed by atoms with Crippen LogP contribution in [0.2, 0.25) is 0 Å². The van der Waals surface area contributed by atoms with E-state index >= 15 is 0 Å². The SMILES string of the molecule is CCNC(=O)NC(CC(N)=O)([C@H]1C[C@H](n2cc(CO)cn2)[C@@H](O)[C@H]1O)n1cnc2c(NCC(c3ccccc3)c3ccccc3)nc(C(=O)O)nc21. The van der Waals surface area contributed by atoms with Crippen LogP contribution in [0.3, 0.4) is 0 Å². The van der Waals surface area contributed by atoms with Crippen LogP contribution in [0.15, 0.2) is 79.4 Å². The summed E-state index contributed by atoms with van der Waals surface area (Å²) in [4.78, 5) is 51.8. The average Bonchev–Trinajstić information content (AvgIpc) is 3.87. The summed E-state index contributed by atoms with van der Waals surface area (Å²) in [6.45, 7) is 1.84. The Hall–Kier alpha value is -5.91. The van der Waals surface area contributed by atoms with E-state index < -0.39 is 60.0 Å². The maximum Gasteiger partial charge on any atom is 0.374 e. The van der Waals surface area contributed by atoms with Gasteiger partial charge in [-0.1, -0.05) is 60.7 Å². The Morgan fingerprint density at radius 3 is 2.27 bits per heavy atom. The van der Waals surface area contributed by atoms with Gasteiger partial charge in [0, 0.05) is 36.7 Å². The van der Waals surface area contributed by atoms with Crippen molar-refractivity contribution in [1.29, 1.82) is 0 Å². The minimum Gasteiger partial charge on any atom is -0.475 e. The second-order valence-corrected chi connectivity index (χ2v) is 12.7. The standard InChI is InChI=1S/C35H40N10O7/c1-2-37-34(52)43-35(14-26(36)47,24-13-25(29(49)28(24)48)45-17-20(18-46)15-40-45)44-19-39-27-30(41-31(33(50)51)42-32(27)44)38-16-23(21-9-5-3-6-10-21)22-11-7-4-8-12-22/h3-12,15,17,19,23-25,28-29,46,48-49H,2,13-14,16,18H2,1H3,(H2,36,47)(H,50,51)(H2,37,43,52)(H,38,41,42)/t24-,25-,28-,29+,35?/m0/s1. The highest BCUT2D eigenvalue weighted by atomic mass is 16.4. The second kappa shape index (κ2) is 15.1. The summed E-state index contributed by atoms with van der Waals surface area (Å²) >= 11 is 0. The van der Waals surface area contributed by atoms with Crippen LogP contribution in [0.4, 0.5) is 10.6 Å². The zero-order valence-electron chi connectivity index (χ0n) is 28.2. The van der Waals surface area contributed by atoms with Crippen molar-refractivity contribution in [3.05, 3.63) is 102 Å². The van der Waals surface area contributed by atoms with E-state index in [0.29, 0.717) is 5.56 Å². The van der Waals surface area contributed by atoms with E-state index in [4.69, 9.17) is 5.73 Å². The number of aliphatic hydroxyl groups is 3. The summed E-state index contributed by atoms with van der Waals surface area (Å²) in [7, 11) is 0. The molecule has 5 atom stereocenters. The Balaban J connectivity index is 1.48. The molecule has 3 aromatic heterocycles. The summed E-state index contributed by atoms with van der Waals surface area (Å²) in [5.74, 6) is -4.19. The van der Waals surface area contributed by atoms with E-state index in [1.165, 1.54) is 28.0 Å². The van der Waals surface area contributed by atoms with E-state index in [1.54, 1.807) is 6.92 Å². The molecule has 0 aliphatic heterocycles. The molecular weight excluding hydrogens is 672 g/mol. The molecule has 0 bridgehead atoms. The number of nitrogens with two attached hydrogens (primary N) is 1. The van der Waals surface area contributed by atoms with Crippen molar-refractivity contribution in [2.75, 3.05) is 18.4 Å². The second-order valence-electron chi connectivity index (χ2n) is 12.7. The lowest BCUT2D eigenvalue weighted by atomic mass is 9.85. The van der Waals surface area contributed by atoms with Gasteiger partial charge in [-0.3, -0.25) is 14.0 Å². The van der Waals surface area contributed by atoms with E-state index in [9.17, 15) is 34.8 Å². The minimum absolute atomic E-state index is 0.0496. The fourth-order valence-corrected chi connectivity index (χ4v) is 7.05. The number of carbonyl (C=O) groups excluding carboxylic acids is 2. The van der Waals surface area contributed by atoms with Crippen LogP contribution in [0.25, 0.3) is 11.2 Å². The fourth-order valence-electron chi connectivity index (χ4n) is 7.05. The molecule has 3 amide bonds. The quantitative estimate of drug-likeness (QED) is 0.0811. The van der Waals surface area contributed by atoms with Gasteiger partial charge in [-0.05, 0) is 24.5 Å². The van der Waals surface area contributed by atoms with Crippen LogP contribution >= 0.6 is 0 Å². The molecule has 17 nitrogen and oxygen atoms in total. The number of nitrogens with zero attached hydrogens (tertiary/aromatic N) is 6. The Kier molecular flexibility index (Phi) is 10.5. The van der Waals surface area contributed by atoms with E-state index in [-0.39, 0.29) is 49.0 Å². The number of carbonyl (C=O) groups is 3. The van der Waals surface area contributed by atoms with E-state index in [0.717, 1.165) is 11.1 Å². The van der Waals surface area contributed by atoms with Crippen LogP contribution in [0, 0.1) is 5.92 Å². The average molecular weight is 713 g/mol. The van der Waals surface area contributed by atoms with Crippen LogP contribution in [0.1, 0.15) is 59.0 Å². The molecular formula is C35H40N10O7. The monoisotopic (exact) mass is 712 g/mol. The molecule has 0 saturated heterocycles. The number of fused-ring (bicyclic) bond motifs is 1. The first-order valence-electron chi connectivity index (χ1n) is 16.7. The predicted octanol–water partition coefficient (Wildman–Crippen LogP) is 1.29. The fraction of sp³-hybridized carbons (Fsp3) is 0.343. The number of anilines is 1. The first kappa shape index (κ1) is 35.9. The largest absolute Gasteiger partial charge is 0.475 e. The van der Waals surface area contributed by atoms with Gasteiger partial charge in [0.25, 0.3) is 0 Å². The number of aromatic nitrogens is 6. The molecule has 1 aliphatic carbocycles. The van der Waals surface area contributed by atoms with Gasteiger partial charge in [-0.15, -0.1) is 0 Å². The molecule has 17 heteroatoms. The van der Waals surface area contributed by atoms with Gasteiger partial charge in [0.15, 0.2) is 17.0 Å². The zero-order chi connectivity index (χ0) is 37.0. The molecule has 6 rings (SSSR count). The Morgan fingerprint density at radius 1 is 1.02 bits per heavy atom. The molecule has 5 aromatic rings. The molecule has 0 spiro atoms. The number of hydrogen-bond donors (Lipinski definition) is 8. The normalized spacial score (nSPS) is 19.7. The van der Waals surface area contributed by atoms with Crippen molar-refractivity contribution < 1.29 is 34.8 Å². The number of nitrogens with one attached hydrogen (secondary N) is 3. The first-order valence-corrected chi connectivity index (χ1v) is 16.7. The molecule has 1 unspecified atom stereocenters. The molecule has 272 valence electrons. The molecule has 9 N–H and O–H groups in total. The maximum absolute atomic E-state index is 13.4. The predicted molar refractivity (Wildman–Crippen MR) is 187 cm³/mol. The number of rotatable bonds is 14. The number of imidazole rings is 1. The third kappa shape index (κ3) is 7.01. The van der Waals surface area contributed by atoms with Crippen molar-refractivity contribution in [2.45, 2.75) is 56.2 Å². The molecule has 52 heavy (non-hydrogen) atoms. The van der Waals surface area contributed by atoms with Crippen molar-refractivity contribution in [3.8, 4) is 0 Å². The molecule has 1 saturated carbocycles. The van der Waals surface area contributed by atoms with Crippen molar-refractivity contribution >= 4 is 34.9 Å². The third-order valence-corrected chi connectivity index (χ3v) is 9.45. The minimum atomic E-state index is -1.94. The van der Waals surface area contributed by atoms with Crippen molar-refractivity contribution in [2.24, 2.45) is 11.7 Å². The third-order valence-electron chi connectivity index (χ3n) is 9.45. The van der Waals surface area contributed by atoms with Crippen molar-refractivity contribution in [1.82, 2.24) is 39.9 Å². The molecule has 3 heterocycles. The van der Waals surface area contributed by atoms with Crippen LogP contribution in [-0.4, -0.2) is 92.9 Å². The van der Waals surface area contributed by atoms with Gasteiger partial charge in [0.1, 0.15) is 11.8 Å². The molecule has 2 aromatic carbocycles. The van der Waals surface area contributed by atoms with Crippen LogP contribution in [-0.2, 0) is 17.1 Å². The number of amides is 3. The summed E-state index contributed by atoms with van der Waals surface area (Å²) in [6, 6.07) is 17.9. The lowest BCUT2D eigenvalue weighted by Gasteiger charge is -2.41. The van der Waals surface area contributed by atoms with Gasteiger partial charge in [-0.25, -0.2) is 24.5 Å². The summed E-state index contributed by atoms with van der Waals surface area (Å²) in [6.07, 6.45) is 0.527. The first-order chi connectivity index (χ1) is 25.1. The number of carboxylic acids is 1. The molecule has 1 aliphatic rings. The van der Waals surface area contributed by atoms with Crippen LogP contribution < -0.4 is 21.7 Å².